The Hall–Kier alpha value is -1.40. The van der Waals surface area contributed by atoms with Gasteiger partial charge in [-0.3, -0.25) is 4.79 Å². The van der Waals surface area contributed by atoms with Crippen LogP contribution in [0.3, 0.4) is 0 Å². The van der Waals surface area contributed by atoms with Gasteiger partial charge in [0.05, 0.1) is 6.26 Å². The molecule has 0 aliphatic rings. The van der Waals surface area contributed by atoms with Crippen molar-refractivity contribution in [2.75, 3.05) is 19.3 Å². The molecule has 0 radical (unpaired) electrons. The molecular formula is C11H16N2O3S. The molecule has 0 spiro atoms. The summed E-state index contributed by atoms with van der Waals surface area (Å²) in [6.07, 6.45) is 1.67. The SMILES string of the molecule is CS(=O)(=O)NCCCNC(=O)c1ccccc1. The zero-order chi connectivity index (χ0) is 12.7. The van der Waals surface area contributed by atoms with Crippen molar-refractivity contribution < 1.29 is 13.2 Å². The van der Waals surface area contributed by atoms with Crippen molar-refractivity contribution >= 4 is 15.9 Å². The molecule has 17 heavy (non-hydrogen) atoms. The Labute approximate surface area is 101 Å². The normalized spacial score (nSPS) is 11.1. The Morgan fingerprint density at radius 3 is 2.41 bits per heavy atom. The van der Waals surface area contributed by atoms with Gasteiger partial charge in [0.15, 0.2) is 0 Å². The van der Waals surface area contributed by atoms with Gasteiger partial charge in [-0.05, 0) is 18.6 Å². The van der Waals surface area contributed by atoms with E-state index in [9.17, 15) is 13.2 Å². The predicted octanol–water partition coefficient (Wildman–Crippen LogP) is 0.356. The van der Waals surface area contributed by atoms with Gasteiger partial charge in [0.1, 0.15) is 0 Å². The fourth-order valence-electron chi connectivity index (χ4n) is 1.24. The van der Waals surface area contributed by atoms with Crippen LogP contribution in [0, 0.1) is 0 Å². The lowest BCUT2D eigenvalue weighted by Gasteiger charge is -2.05. The third-order valence-corrected chi connectivity index (χ3v) is 2.77. The minimum absolute atomic E-state index is 0.148. The maximum atomic E-state index is 11.6. The topological polar surface area (TPSA) is 75.3 Å². The Bertz CT molecular complexity index is 457. The van der Waals surface area contributed by atoms with Gasteiger partial charge in [-0.2, -0.15) is 0 Å². The molecule has 1 aromatic carbocycles. The van der Waals surface area contributed by atoms with Crippen molar-refractivity contribution in [3.05, 3.63) is 35.9 Å². The molecule has 0 unspecified atom stereocenters. The number of carbonyl (C=O) groups is 1. The molecule has 0 heterocycles. The van der Waals surface area contributed by atoms with E-state index in [1.54, 1.807) is 24.3 Å². The molecule has 0 aliphatic carbocycles. The van der Waals surface area contributed by atoms with E-state index >= 15 is 0 Å². The number of rotatable bonds is 6. The first kappa shape index (κ1) is 13.7. The molecule has 5 nitrogen and oxygen atoms in total. The Balaban J connectivity index is 2.22. The van der Waals surface area contributed by atoms with E-state index in [0.29, 0.717) is 25.1 Å². The highest BCUT2D eigenvalue weighted by atomic mass is 32.2. The zero-order valence-corrected chi connectivity index (χ0v) is 10.5. The van der Waals surface area contributed by atoms with Crippen LogP contribution in [0.25, 0.3) is 0 Å². The second-order valence-corrected chi connectivity index (χ2v) is 5.47. The first-order valence-corrected chi connectivity index (χ1v) is 7.16. The monoisotopic (exact) mass is 256 g/mol. The summed E-state index contributed by atoms with van der Waals surface area (Å²) in [6, 6.07) is 8.88. The molecule has 94 valence electrons. The van der Waals surface area contributed by atoms with E-state index in [2.05, 4.69) is 10.0 Å². The fraction of sp³-hybridized carbons (Fsp3) is 0.364. The molecule has 0 saturated carbocycles. The van der Waals surface area contributed by atoms with Crippen molar-refractivity contribution in [2.45, 2.75) is 6.42 Å². The number of amides is 1. The molecule has 0 atom stereocenters. The Kier molecular flexibility index (Phi) is 5.11. The van der Waals surface area contributed by atoms with Gasteiger partial charge < -0.3 is 5.32 Å². The van der Waals surface area contributed by atoms with E-state index in [1.165, 1.54) is 0 Å². The van der Waals surface area contributed by atoms with Gasteiger partial charge in [-0.15, -0.1) is 0 Å². The van der Waals surface area contributed by atoms with E-state index in [1.807, 2.05) is 6.07 Å². The van der Waals surface area contributed by atoms with E-state index in [0.717, 1.165) is 6.26 Å². The molecule has 0 bridgehead atoms. The number of hydrogen-bond acceptors (Lipinski definition) is 3. The minimum atomic E-state index is -3.14. The molecule has 1 aromatic rings. The van der Waals surface area contributed by atoms with Gasteiger partial charge in [-0.25, -0.2) is 13.1 Å². The summed E-state index contributed by atoms with van der Waals surface area (Å²) < 4.78 is 23.9. The standard InChI is InChI=1S/C11H16N2O3S/c1-17(15,16)13-9-5-8-12-11(14)10-6-3-2-4-7-10/h2-4,6-7,13H,5,8-9H2,1H3,(H,12,14). The lowest BCUT2D eigenvalue weighted by molar-refractivity contribution is 0.0953. The lowest BCUT2D eigenvalue weighted by atomic mass is 10.2. The fourth-order valence-corrected chi connectivity index (χ4v) is 1.75. The molecule has 0 fully saturated rings. The van der Waals surface area contributed by atoms with Crippen LogP contribution in [0.15, 0.2) is 30.3 Å². The summed E-state index contributed by atoms with van der Waals surface area (Å²) in [5.41, 5.74) is 0.601. The summed E-state index contributed by atoms with van der Waals surface area (Å²) in [5.74, 6) is -0.148. The minimum Gasteiger partial charge on any atom is -0.352 e. The van der Waals surface area contributed by atoms with Crippen LogP contribution in [0.2, 0.25) is 0 Å². The van der Waals surface area contributed by atoms with Crippen molar-refractivity contribution in [2.24, 2.45) is 0 Å². The molecular weight excluding hydrogens is 240 g/mol. The number of carbonyl (C=O) groups excluding carboxylic acids is 1. The number of hydrogen-bond donors (Lipinski definition) is 2. The molecule has 2 N–H and O–H groups in total. The third kappa shape index (κ3) is 6.03. The molecule has 0 saturated heterocycles. The van der Waals surface area contributed by atoms with E-state index < -0.39 is 10.0 Å². The lowest BCUT2D eigenvalue weighted by Crippen LogP contribution is -2.29. The predicted molar refractivity (Wildman–Crippen MR) is 66.2 cm³/mol. The van der Waals surface area contributed by atoms with Crippen LogP contribution < -0.4 is 10.0 Å². The van der Waals surface area contributed by atoms with Crippen LogP contribution in [0.1, 0.15) is 16.8 Å². The molecule has 1 rings (SSSR count). The van der Waals surface area contributed by atoms with Gasteiger partial charge in [0, 0.05) is 18.7 Å². The number of sulfonamides is 1. The van der Waals surface area contributed by atoms with Crippen molar-refractivity contribution in [1.82, 2.24) is 10.0 Å². The summed E-state index contributed by atoms with van der Waals surface area (Å²) in [5, 5.41) is 2.71. The molecule has 0 aromatic heterocycles. The quantitative estimate of drug-likeness (QED) is 0.721. The average Bonchev–Trinajstić information content (AvgIpc) is 2.28. The molecule has 1 amide bonds. The van der Waals surface area contributed by atoms with Gasteiger partial charge in [0.25, 0.3) is 5.91 Å². The van der Waals surface area contributed by atoms with Crippen LogP contribution in [0.4, 0.5) is 0 Å². The highest BCUT2D eigenvalue weighted by Crippen LogP contribution is 1.97. The van der Waals surface area contributed by atoms with Gasteiger partial charge >= 0.3 is 0 Å². The number of benzene rings is 1. The van der Waals surface area contributed by atoms with Gasteiger partial charge in [-0.1, -0.05) is 18.2 Å². The number of nitrogens with one attached hydrogen (secondary N) is 2. The smallest absolute Gasteiger partial charge is 0.251 e. The van der Waals surface area contributed by atoms with Crippen LogP contribution in [0.5, 0.6) is 0 Å². The second-order valence-electron chi connectivity index (χ2n) is 3.64. The van der Waals surface area contributed by atoms with E-state index in [-0.39, 0.29) is 5.91 Å². The average molecular weight is 256 g/mol. The largest absolute Gasteiger partial charge is 0.352 e. The van der Waals surface area contributed by atoms with Crippen LogP contribution >= 0.6 is 0 Å². The maximum absolute atomic E-state index is 11.6. The van der Waals surface area contributed by atoms with Crippen molar-refractivity contribution in [1.29, 1.82) is 0 Å². The summed E-state index contributed by atoms with van der Waals surface area (Å²) >= 11 is 0. The summed E-state index contributed by atoms with van der Waals surface area (Å²) in [7, 11) is -3.14. The van der Waals surface area contributed by atoms with Crippen molar-refractivity contribution in [3.8, 4) is 0 Å². The van der Waals surface area contributed by atoms with Crippen molar-refractivity contribution in [3.63, 3.8) is 0 Å². The maximum Gasteiger partial charge on any atom is 0.251 e. The first-order chi connectivity index (χ1) is 7.99. The van der Waals surface area contributed by atoms with E-state index in [4.69, 9.17) is 0 Å². The summed E-state index contributed by atoms with van der Waals surface area (Å²) in [6.45, 7) is 0.768. The van der Waals surface area contributed by atoms with Gasteiger partial charge in [0.2, 0.25) is 10.0 Å². The zero-order valence-electron chi connectivity index (χ0n) is 9.64. The van der Waals surface area contributed by atoms with Crippen LogP contribution in [-0.4, -0.2) is 33.7 Å². The Morgan fingerprint density at radius 1 is 1.18 bits per heavy atom. The second kappa shape index (κ2) is 6.36. The molecule has 0 aliphatic heterocycles. The first-order valence-electron chi connectivity index (χ1n) is 5.27. The third-order valence-electron chi connectivity index (χ3n) is 2.04. The molecule has 6 heteroatoms. The highest BCUT2D eigenvalue weighted by Gasteiger charge is 2.03. The highest BCUT2D eigenvalue weighted by molar-refractivity contribution is 7.88. The van der Waals surface area contributed by atoms with Crippen LogP contribution in [-0.2, 0) is 10.0 Å². The summed E-state index contributed by atoms with van der Waals surface area (Å²) in [4.78, 5) is 11.6. The Morgan fingerprint density at radius 2 is 1.82 bits per heavy atom.